The summed E-state index contributed by atoms with van der Waals surface area (Å²) < 4.78 is 15.4. The minimum atomic E-state index is -0.515. The molecule has 0 fully saturated rings. The maximum atomic E-state index is 13.3. The quantitative estimate of drug-likeness (QED) is 0.648. The van der Waals surface area contributed by atoms with Gasteiger partial charge in [-0.15, -0.1) is 11.3 Å². The number of benzene rings is 1. The highest BCUT2D eigenvalue weighted by atomic mass is 35.5. The number of amides is 2. The van der Waals surface area contributed by atoms with Crippen LogP contribution in [0, 0.1) is 5.82 Å². The van der Waals surface area contributed by atoms with Crippen LogP contribution in [-0.2, 0) is 19.5 Å². The van der Waals surface area contributed by atoms with Gasteiger partial charge in [0, 0.05) is 48.2 Å². The van der Waals surface area contributed by atoms with Gasteiger partial charge in [0.05, 0.1) is 5.02 Å². The average molecular weight is 419 g/mol. The highest BCUT2D eigenvalue weighted by molar-refractivity contribution is 7.14. The highest BCUT2D eigenvalue weighted by Gasteiger charge is 2.23. The molecule has 1 aliphatic rings. The number of hydrogen-bond acceptors (Lipinski definition) is 3. The fourth-order valence-electron chi connectivity index (χ4n) is 3.36. The molecule has 146 valence electrons. The van der Waals surface area contributed by atoms with Crippen molar-refractivity contribution in [3.63, 3.8) is 0 Å². The van der Waals surface area contributed by atoms with E-state index in [9.17, 15) is 9.18 Å². The smallest absolute Gasteiger partial charge is 0.319 e. The van der Waals surface area contributed by atoms with Gasteiger partial charge in [-0.1, -0.05) is 11.6 Å². The van der Waals surface area contributed by atoms with E-state index in [2.05, 4.69) is 27.1 Å². The van der Waals surface area contributed by atoms with Crippen LogP contribution in [0.1, 0.15) is 16.0 Å². The maximum absolute atomic E-state index is 13.3. The molecule has 0 bridgehead atoms. The maximum Gasteiger partial charge on any atom is 0.319 e. The van der Waals surface area contributed by atoms with Crippen molar-refractivity contribution < 1.29 is 9.18 Å². The third-order valence-corrected chi connectivity index (χ3v) is 6.34. The minimum absolute atomic E-state index is 0.0243. The summed E-state index contributed by atoms with van der Waals surface area (Å²) in [5.41, 5.74) is 2.93. The summed E-state index contributed by atoms with van der Waals surface area (Å²) in [6.45, 7) is 2.35. The molecule has 2 aromatic heterocycles. The molecule has 1 aromatic carbocycles. The molecule has 2 amide bonds. The molecule has 2 N–H and O–H groups in total. The minimum Gasteiger partial charge on any atom is -0.334 e. The number of hydrogen-bond donors (Lipinski definition) is 2. The van der Waals surface area contributed by atoms with Crippen LogP contribution < -0.4 is 10.6 Å². The van der Waals surface area contributed by atoms with Gasteiger partial charge in [-0.2, -0.15) is 0 Å². The lowest BCUT2D eigenvalue weighted by Gasteiger charge is -2.22. The zero-order chi connectivity index (χ0) is 19.7. The Labute approximate surface area is 171 Å². The number of fused-ring (bicyclic) bond motifs is 1. The third-order valence-electron chi connectivity index (χ3n) is 4.78. The molecule has 1 aliphatic heterocycles. The average Bonchev–Trinajstić information content (AvgIpc) is 3.30. The fourth-order valence-corrected chi connectivity index (χ4v) is 4.95. The molecule has 0 radical (unpaired) electrons. The predicted molar refractivity (Wildman–Crippen MR) is 111 cm³/mol. The summed E-state index contributed by atoms with van der Waals surface area (Å²) >= 11 is 7.55. The molecule has 4 rings (SSSR count). The number of aromatic nitrogens is 1. The molecule has 0 saturated heterocycles. The molecule has 0 spiro atoms. The third kappa shape index (κ3) is 3.92. The Morgan fingerprint density at radius 3 is 2.86 bits per heavy atom. The van der Waals surface area contributed by atoms with E-state index in [-0.39, 0.29) is 11.1 Å². The monoisotopic (exact) mass is 418 g/mol. The summed E-state index contributed by atoms with van der Waals surface area (Å²) in [7, 11) is 2.12. The van der Waals surface area contributed by atoms with Gasteiger partial charge in [-0.05, 0) is 49.4 Å². The second-order valence-electron chi connectivity index (χ2n) is 6.80. The van der Waals surface area contributed by atoms with Gasteiger partial charge in [0.1, 0.15) is 10.8 Å². The van der Waals surface area contributed by atoms with Crippen LogP contribution >= 0.6 is 22.9 Å². The lowest BCUT2D eigenvalue weighted by atomic mass is 10.0. The van der Waals surface area contributed by atoms with Crippen molar-refractivity contribution in [3.8, 4) is 5.00 Å². The molecule has 0 atom stereocenters. The number of urea groups is 1. The first-order valence-corrected chi connectivity index (χ1v) is 10.2. The van der Waals surface area contributed by atoms with Gasteiger partial charge in [0.25, 0.3) is 0 Å². The Balaban J connectivity index is 1.52. The first-order valence-electron chi connectivity index (χ1n) is 8.96. The van der Waals surface area contributed by atoms with Crippen molar-refractivity contribution in [3.05, 3.63) is 69.6 Å². The Bertz CT molecular complexity index is 1000. The van der Waals surface area contributed by atoms with Crippen LogP contribution in [0.25, 0.3) is 5.00 Å². The second-order valence-corrected chi connectivity index (χ2v) is 8.29. The van der Waals surface area contributed by atoms with Crippen molar-refractivity contribution in [2.24, 2.45) is 0 Å². The number of carbonyl (C=O) groups is 1. The zero-order valence-corrected chi connectivity index (χ0v) is 16.9. The van der Waals surface area contributed by atoms with Crippen LogP contribution in [0.5, 0.6) is 0 Å². The van der Waals surface area contributed by atoms with E-state index in [0.717, 1.165) is 30.1 Å². The number of rotatable bonds is 4. The molecule has 0 saturated carbocycles. The summed E-state index contributed by atoms with van der Waals surface area (Å²) in [6, 6.07) is 7.74. The van der Waals surface area contributed by atoms with E-state index < -0.39 is 5.82 Å². The van der Waals surface area contributed by atoms with Crippen LogP contribution in [-0.4, -0.2) is 29.1 Å². The van der Waals surface area contributed by atoms with E-state index in [1.807, 2.05) is 24.5 Å². The lowest BCUT2D eigenvalue weighted by Crippen LogP contribution is -2.30. The normalized spacial score (nSPS) is 14.0. The zero-order valence-electron chi connectivity index (χ0n) is 15.3. The van der Waals surface area contributed by atoms with Gasteiger partial charge in [-0.25, -0.2) is 9.18 Å². The van der Waals surface area contributed by atoms with Crippen LogP contribution in [0.4, 0.5) is 14.9 Å². The van der Waals surface area contributed by atoms with Gasteiger partial charge < -0.3 is 20.1 Å². The van der Waals surface area contributed by atoms with Gasteiger partial charge in [0.2, 0.25) is 0 Å². The van der Waals surface area contributed by atoms with E-state index in [0.29, 0.717) is 12.2 Å². The summed E-state index contributed by atoms with van der Waals surface area (Å²) in [6.07, 6.45) is 5.01. The Morgan fingerprint density at radius 2 is 2.11 bits per heavy atom. The Morgan fingerprint density at radius 1 is 1.32 bits per heavy atom. The number of halogens is 2. The summed E-state index contributed by atoms with van der Waals surface area (Å²) in [5.74, 6) is -0.515. The first kappa shape index (κ1) is 19.0. The molecule has 8 heteroatoms. The topological polar surface area (TPSA) is 49.3 Å². The summed E-state index contributed by atoms with van der Waals surface area (Å²) in [5, 5.41) is 6.74. The van der Waals surface area contributed by atoms with E-state index >= 15 is 0 Å². The Kier molecular flexibility index (Phi) is 5.39. The van der Waals surface area contributed by atoms with Gasteiger partial charge in [0.15, 0.2) is 0 Å². The standard InChI is InChI=1S/C20H20ClFN4OS/c1-25-9-6-14-15(19(28-18(14)12-25)26-7-2-3-8-26)11-23-20(27)24-13-4-5-17(22)16(21)10-13/h2-5,7-8,10H,6,9,11-12H2,1H3,(H2,23,24,27). The molecule has 3 aromatic rings. The van der Waals surface area contributed by atoms with Gasteiger partial charge >= 0.3 is 6.03 Å². The predicted octanol–water partition coefficient (Wildman–Crippen LogP) is 4.64. The number of carbonyl (C=O) groups excluding carboxylic acids is 1. The molecular formula is C20H20ClFN4OS. The second kappa shape index (κ2) is 7.95. The molecule has 5 nitrogen and oxygen atoms in total. The van der Waals surface area contributed by atoms with E-state index in [1.165, 1.54) is 28.6 Å². The van der Waals surface area contributed by atoms with Crippen LogP contribution in [0.3, 0.4) is 0 Å². The fraction of sp³-hybridized carbons (Fsp3) is 0.250. The molecule has 28 heavy (non-hydrogen) atoms. The van der Waals surface area contributed by atoms with Crippen molar-refractivity contribution in [2.45, 2.75) is 19.5 Å². The summed E-state index contributed by atoms with van der Waals surface area (Å²) in [4.78, 5) is 16.0. The number of likely N-dealkylation sites (N-methyl/N-ethyl adjacent to an activating group) is 1. The van der Waals surface area contributed by atoms with Crippen molar-refractivity contribution in [1.82, 2.24) is 14.8 Å². The van der Waals surface area contributed by atoms with Crippen LogP contribution in [0.15, 0.2) is 42.7 Å². The van der Waals surface area contributed by atoms with Crippen molar-refractivity contribution in [1.29, 1.82) is 0 Å². The number of thiophene rings is 1. The van der Waals surface area contributed by atoms with Crippen molar-refractivity contribution in [2.75, 3.05) is 18.9 Å². The largest absolute Gasteiger partial charge is 0.334 e. The van der Waals surface area contributed by atoms with Crippen molar-refractivity contribution >= 4 is 34.7 Å². The van der Waals surface area contributed by atoms with E-state index in [4.69, 9.17) is 11.6 Å². The van der Waals surface area contributed by atoms with E-state index in [1.54, 1.807) is 11.3 Å². The van der Waals surface area contributed by atoms with Gasteiger partial charge in [-0.3, -0.25) is 0 Å². The number of nitrogens with one attached hydrogen (secondary N) is 2. The molecule has 0 unspecified atom stereocenters. The number of anilines is 1. The highest BCUT2D eigenvalue weighted by Crippen LogP contribution is 2.35. The first-order chi connectivity index (χ1) is 13.5. The molecule has 0 aliphatic carbocycles. The molecular weight excluding hydrogens is 399 g/mol. The lowest BCUT2D eigenvalue weighted by molar-refractivity contribution is 0.251. The number of nitrogens with zero attached hydrogens (tertiary/aromatic N) is 2. The van der Waals surface area contributed by atoms with Crippen LogP contribution in [0.2, 0.25) is 5.02 Å². The molecule has 3 heterocycles. The SMILES string of the molecule is CN1CCc2c(sc(-n3cccc3)c2CNC(=O)Nc2ccc(F)c(Cl)c2)C1. The Hall–Kier alpha value is -2.35.